The van der Waals surface area contributed by atoms with Crippen molar-refractivity contribution < 1.29 is 29.6 Å². The Kier molecular flexibility index (Phi) is 18.6. The van der Waals surface area contributed by atoms with Crippen LogP contribution in [0.2, 0.25) is 0 Å². The van der Waals surface area contributed by atoms with Crippen LogP contribution in [-0.4, -0.2) is 33.7 Å². The summed E-state index contributed by atoms with van der Waals surface area (Å²) in [5.41, 5.74) is 1.78. The predicted molar refractivity (Wildman–Crippen MR) is 185 cm³/mol. The first-order chi connectivity index (χ1) is 21.2. The molecule has 0 heterocycles. The Morgan fingerprint density at radius 2 is 1.11 bits per heavy atom. The number of Topliss-reactive ketones (excluding diaryl/α,β-unsaturated/α-hetero) is 1. The highest BCUT2D eigenvalue weighted by molar-refractivity contribution is 5.78. The molecule has 2 aromatic rings. The number of hydrogen-bond donors (Lipinski definition) is 3. The Balaban J connectivity index is 0.00000109. The van der Waals surface area contributed by atoms with E-state index >= 15 is 0 Å². The first-order valence-electron chi connectivity index (χ1n) is 17.2. The maximum absolute atomic E-state index is 12.2. The standard InChI is InChI=1S/C32H54O5.C7H8O/c1-7-9-11-13-17-25(33)18-15-20-31(3,4)26-23-29(35)27(24-28(26)34)32(5,6)21-16-19-30(36)37-22-14-12-10-8-2;1-6-2-4-7(8)5-3-6/h23-24,34-35H,7-22H2,1-6H3;2-5,8H,1H3. The van der Waals surface area contributed by atoms with Gasteiger partial charge >= 0.3 is 5.97 Å². The van der Waals surface area contributed by atoms with Gasteiger partial charge in [-0.15, -0.1) is 0 Å². The lowest BCUT2D eigenvalue weighted by atomic mass is 9.75. The van der Waals surface area contributed by atoms with E-state index in [2.05, 4.69) is 13.8 Å². The van der Waals surface area contributed by atoms with Crippen molar-refractivity contribution in [3.63, 3.8) is 0 Å². The van der Waals surface area contributed by atoms with Crippen molar-refractivity contribution in [1.82, 2.24) is 0 Å². The van der Waals surface area contributed by atoms with E-state index < -0.39 is 5.41 Å². The second-order valence-corrected chi connectivity index (χ2v) is 13.8. The molecule has 45 heavy (non-hydrogen) atoms. The number of esters is 1. The van der Waals surface area contributed by atoms with Gasteiger partial charge in [-0.1, -0.05) is 97.8 Å². The largest absolute Gasteiger partial charge is 0.508 e. The Labute approximate surface area is 273 Å². The summed E-state index contributed by atoms with van der Waals surface area (Å²) in [5, 5.41) is 30.6. The molecule has 0 amide bonds. The van der Waals surface area contributed by atoms with Crippen LogP contribution in [0.15, 0.2) is 36.4 Å². The van der Waals surface area contributed by atoms with Gasteiger partial charge in [0.15, 0.2) is 0 Å². The number of phenols is 3. The van der Waals surface area contributed by atoms with Crippen LogP contribution in [0.3, 0.4) is 0 Å². The van der Waals surface area contributed by atoms with E-state index in [-0.39, 0.29) is 22.9 Å². The number of ether oxygens (including phenoxy) is 1. The lowest BCUT2D eigenvalue weighted by Crippen LogP contribution is -2.21. The molecule has 0 aromatic heterocycles. The Hall–Kier alpha value is -3.02. The molecule has 0 saturated carbocycles. The molecule has 0 atom stereocenters. The van der Waals surface area contributed by atoms with Crippen LogP contribution in [0.1, 0.15) is 155 Å². The highest BCUT2D eigenvalue weighted by atomic mass is 16.5. The number of unbranched alkanes of at least 4 members (excludes halogenated alkanes) is 6. The second kappa shape index (κ2) is 20.9. The number of benzene rings is 2. The van der Waals surface area contributed by atoms with Crippen LogP contribution >= 0.6 is 0 Å². The van der Waals surface area contributed by atoms with Crippen molar-refractivity contribution >= 4 is 11.8 Å². The van der Waals surface area contributed by atoms with Crippen LogP contribution in [-0.2, 0) is 25.2 Å². The van der Waals surface area contributed by atoms with Crippen molar-refractivity contribution in [2.75, 3.05) is 6.61 Å². The van der Waals surface area contributed by atoms with E-state index in [0.29, 0.717) is 61.4 Å². The summed E-state index contributed by atoms with van der Waals surface area (Å²) < 4.78 is 5.33. The van der Waals surface area contributed by atoms with Crippen molar-refractivity contribution in [3.8, 4) is 17.2 Å². The van der Waals surface area contributed by atoms with E-state index in [1.807, 2.05) is 46.8 Å². The number of aryl methyl sites for hydroxylation is 1. The molecule has 0 unspecified atom stereocenters. The number of rotatable bonds is 20. The van der Waals surface area contributed by atoms with Crippen LogP contribution in [0.4, 0.5) is 0 Å². The molecule has 254 valence electrons. The molecule has 0 fully saturated rings. The minimum Gasteiger partial charge on any atom is -0.508 e. The molecule has 0 aliphatic carbocycles. The van der Waals surface area contributed by atoms with E-state index in [4.69, 9.17) is 9.84 Å². The average Bonchev–Trinajstić information content (AvgIpc) is 2.97. The molecule has 6 heteroatoms. The summed E-state index contributed by atoms with van der Waals surface area (Å²) >= 11 is 0. The molecule has 3 N–H and O–H groups in total. The average molecular weight is 627 g/mol. The van der Waals surface area contributed by atoms with Gasteiger partial charge in [0.25, 0.3) is 0 Å². The summed E-state index contributed by atoms with van der Waals surface area (Å²) in [6.45, 7) is 14.9. The normalized spacial score (nSPS) is 11.5. The van der Waals surface area contributed by atoms with Gasteiger partial charge in [-0.2, -0.15) is 0 Å². The first-order valence-corrected chi connectivity index (χ1v) is 17.2. The number of aromatic hydroxyl groups is 3. The molecule has 0 bridgehead atoms. The van der Waals surface area contributed by atoms with Crippen molar-refractivity contribution in [2.45, 2.75) is 156 Å². The Morgan fingerprint density at radius 3 is 1.60 bits per heavy atom. The van der Waals surface area contributed by atoms with E-state index in [0.717, 1.165) is 51.4 Å². The first kappa shape index (κ1) is 40.0. The van der Waals surface area contributed by atoms with Gasteiger partial charge in [-0.25, -0.2) is 0 Å². The third-order valence-corrected chi connectivity index (χ3v) is 8.62. The molecule has 0 saturated heterocycles. The Bertz CT molecular complexity index is 1110. The second-order valence-electron chi connectivity index (χ2n) is 13.8. The van der Waals surface area contributed by atoms with Crippen molar-refractivity contribution in [3.05, 3.63) is 53.1 Å². The van der Waals surface area contributed by atoms with E-state index in [1.54, 1.807) is 24.3 Å². The van der Waals surface area contributed by atoms with Gasteiger partial charge in [-0.3, -0.25) is 9.59 Å². The number of carbonyl (C=O) groups excluding carboxylic acids is 2. The highest BCUT2D eigenvalue weighted by Gasteiger charge is 2.30. The van der Waals surface area contributed by atoms with Gasteiger partial charge in [0.05, 0.1) is 6.61 Å². The quantitative estimate of drug-likeness (QED) is 0.0767. The molecule has 2 rings (SSSR count). The van der Waals surface area contributed by atoms with Crippen LogP contribution in [0.5, 0.6) is 17.2 Å². The molecule has 0 spiro atoms. The highest BCUT2D eigenvalue weighted by Crippen LogP contribution is 2.43. The summed E-state index contributed by atoms with van der Waals surface area (Å²) in [6.07, 6.45) is 13.2. The zero-order valence-corrected chi connectivity index (χ0v) is 29.3. The third-order valence-electron chi connectivity index (χ3n) is 8.62. The number of ketones is 1. The summed E-state index contributed by atoms with van der Waals surface area (Å²) in [7, 11) is 0. The van der Waals surface area contributed by atoms with Gasteiger partial charge in [-0.05, 0) is 80.5 Å². The fraction of sp³-hybridized carbons (Fsp3) is 0.641. The zero-order chi connectivity index (χ0) is 33.9. The topological polar surface area (TPSA) is 104 Å². The maximum Gasteiger partial charge on any atom is 0.305 e. The molecule has 0 aliphatic heterocycles. The minimum atomic E-state index is -0.407. The van der Waals surface area contributed by atoms with Gasteiger partial charge in [0, 0.05) is 30.4 Å². The lowest BCUT2D eigenvalue weighted by molar-refractivity contribution is -0.144. The van der Waals surface area contributed by atoms with Crippen molar-refractivity contribution in [2.24, 2.45) is 0 Å². The van der Waals surface area contributed by atoms with Crippen molar-refractivity contribution in [1.29, 1.82) is 0 Å². The summed E-state index contributed by atoms with van der Waals surface area (Å²) in [4.78, 5) is 24.3. The molecular formula is C39H62O6. The predicted octanol–water partition coefficient (Wildman–Crippen LogP) is 10.4. The van der Waals surface area contributed by atoms with Crippen LogP contribution in [0, 0.1) is 6.92 Å². The number of hydrogen-bond acceptors (Lipinski definition) is 6. The summed E-state index contributed by atoms with van der Waals surface area (Å²) in [6, 6.07) is 10.5. The number of carbonyl (C=O) groups is 2. The molecule has 0 aliphatic rings. The monoisotopic (exact) mass is 626 g/mol. The molecular weight excluding hydrogens is 564 g/mol. The smallest absolute Gasteiger partial charge is 0.305 e. The fourth-order valence-electron chi connectivity index (χ4n) is 5.54. The summed E-state index contributed by atoms with van der Waals surface area (Å²) in [5.74, 6) is 0.808. The van der Waals surface area contributed by atoms with Gasteiger partial charge < -0.3 is 20.1 Å². The van der Waals surface area contributed by atoms with Crippen LogP contribution < -0.4 is 0 Å². The molecule has 2 aromatic carbocycles. The lowest BCUT2D eigenvalue weighted by Gasteiger charge is -2.30. The third kappa shape index (κ3) is 16.2. The number of phenolic OH excluding ortho intramolecular Hbond substituents is 3. The van der Waals surface area contributed by atoms with Crippen LogP contribution in [0.25, 0.3) is 0 Å². The Morgan fingerprint density at radius 1 is 0.644 bits per heavy atom. The minimum absolute atomic E-state index is 0.163. The van der Waals surface area contributed by atoms with Gasteiger partial charge in [0.1, 0.15) is 23.0 Å². The molecule has 0 radical (unpaired) electrons. The van der Waals surface area contributed by atoms with Gasteiger partial charge in [0.2, 0.25) is 0 Å². The van der Waals surface area contributed by atoms with E-state index in [9.17, 15) is 19.8 Å². The zero-order valence-electron chi connectivity index (χ0n) is 29.3. The maximum atomic E-state index is 12.2. The molecule has 6 nitrogen and oxygen atoms in total. The van der Waals surface area contributed by atoms with E-state index in [1.165, 1.54) is 18.4 Å². The fourth-order valence-corrected chi connectivity index (χ4v) is 5.54. The SMILES string of the molecule is CCCCCCOC(=O)CCCC(C)(C)c1cc(O)c(C(C)(C)CCCC(=O)CCCCCC)cc1O.Cc1ccc(O)cc1.